The Hall–Kier alpha value is -4.64. The van der Waals surface area contributed by atoms with Crippen LogP contribution in [0.15, 0.2) is 85.2 Å². The number of ketones is 1. The molecule has 3 aromatic heterocycles. The molecule has 10 heteroatoms. The molecule has 0 aliphatic carbocycles. The number of benzene rings is 2. The number of likely N-dealkylation sites (N-methyl/N-ethyl adjacent to an activating group) is 1. The highest BCUT2D eigenvalue weighted by molar-refractivity contribution is 6.01. The van der Waals surface area contributed by atoms with Gasteiger partial charge in [0.15, 0.2) is 5.78 Å². The van der Waals surface area contributed by atoms with Crippen LogP contribution >= 0.6 is 0 Å². The van der Waals surface area contributed by atoms with Gasteiger partial charge in [0.2, 0.25) is 5.95 Å². The molecule has 220 valence electrons. The third-order valence-corrected chi connectivity index (χ3v) is 7.73. The molecule has 1 aliphatic rings. The fourth-order valence-electron chi connectivity index (χ4n) is 5.16. The lowest BCUT2D eigenvalue weighted by Gasteiger charge is -2.31. The maximum absolute atomic E-state index is 12.9. The number of hydrogen-bond donors (Lipinski definition) is 3. The molecule has 4 heterocycles. The molecule has 0 bridgehead atoms. The number of pyridine rings is 1. The van der Waals surface area contributed by atoms with E-state index in [-0.39, 0.29) is 18.3 Å². The first-order chi connectivity index (χ1) is 21.0. The van der Waals surface area contributed by atoms with Crippen molar-refractivity contribution in [3.63, 3.8) is 0 Å². The van der Waals surface area contributed by atoms with Crippen LogP contribution in [0.5, 0.6) is 5.75 Å². The number of rotatable bonds is 11. The minimum absolute atomic E-state index is 0.00826. The molecule has 5 aromatic rings. The Bertz CT molecular complexity index is 1680. The van der Waals surface area contributed by atoms with E-state index in [1.165, 1.54) is 0 Å². The summed E-state index contributed by atoms with van der Waals surface area (Å²) in [6.45, 7) is 4.52. The second kappa shape index (κ2) is 13.1. The molecule has 1 aliphatic heterocycles. The topological polar surface area (TPSA) is 120 Å². The van der Waals surface area contributed by atoms with Crippen LogP contribution in [0.1, 0.15) is 22.0 Å². The summed E-state index contributed by atoms with van der Waals surface area (Å²) in [7, 11) is 2.11. The lowest BCUT2D eigenvalue weighted by molar-refractivity contribution is 0.0872. The van der Waals surface area contributed by atoms with Crippen LogP contribution in [0.25, 0.3) is 22.3 Å². The number of carbonyl (C=O) groups excluding carboxylic acids is 1. The molecule has 2 aromatic carbocycles. The SMILES string of the molecule is CN1CCN(CC(=O)c2cc3cc(Nc4nccc(-c5cc(OCC(CO)c6ccccc6)ccn5)n4)ccc3[nH]2)CC1. The highest BCUT2D eigenvalue weighted by atomic mass is 16.5. The van der Waals surface area contributed by atoms with Gasteiger partial charge < -0.3 is 25.0 Å². The van der Waals surface area contributed by atoms with E-state index in [1.54, 1.807) is 24.5 Å². The summed E-state index contributed by atoms with van der Waals surface area (Å²) in [5.74, 6) is 1.04. The molecule has 1 fully saturated rings. The molecular formula is C33H35N7O3. The van der Waals surface area contributed by atoms with E-state index >= 15 is 0 Å². The van der Waals surface area contributed by atoms with Crippen molar-refractivity contribution in [2.24, 2.45) is 0 Å². The monoisotopic (exact) mass is 577 g/mol. The predicted molar refractivity (Wildman–Crippen MR) is 167 cm³/mol. The van der Waals surface area contributed by atoms with Crippen LogP contribution in [-0.4, -0.2) is 93.6 Å². The minimum Gasteiger partial charge on any atom is -0.493 e. The van der Waals surface area contributed by atoms with Crippen molar-refractivity contribution in [1.82, 2.24) is 29.7 Å². The van der Waals surface area contributed by atoms with E-state index < -0.39 is 0 Å². The first-order valence-corrected chi connectivity index (χ1v) is 14.5. The minimum atomic E-state index is -0.129. The number of ether oxygens (including phenoxy) is 1. The number of piperazine rings is 1. The quantitative estimate of drug-likeness (QED) is 0.197. The molecule has 1 atom stereocenters. The molecule has 1 unspecified atom stereocenters. The average molecular weight is 578 g/mol. The zero-order valence-electron chi connectivity index (χ0n) is 24.1. The molecule has 6 rings (SSSR count). The van der Waals surface area contributed by atoms with Gasteiger partial charge in [0.05, 0.1) is 36.8 Å². The molecule has 1 saturated heterocycles. The summed E-state index contributed by atoms with van der Waals surface area (Å²) in [6, 6.07) is 23.0. The summed E-state index contributed by atoms with van der Waals surface area (Å²) in [4.78, 5) is 34.2. The molecule has 10 nitrogen and oxygen atoms in total. The largest absolute Gasteiger partial charge is 0.493 e. The molecule has 0 radical (unpaired) electrons. The number of hydrogen-bond acceptors (Lipinski definition) is 9. The number of nitrogens with one attached hydrogen (secondary N) is 2. The van der Waals surface area contributed by atoms with Crippen LogP contribution < -0.4 is 10.1 Å². The summed E-state index contributed by atoms with van der Waals surface area (Å²) in [5, 5.41) is 14.1. The Morgan fingerprint density at radius 1 is 0.977 bits per heavy atom. The van der Waals surface area contributed by atoms with Crippen LogP contribution in [0.4, 0.5) is 11.6 Å². The van der Waals surface area contributed by atoms with Gasteiger partial charge in [0.25, 0.3) is 0 Å². The molecule has 3 N–H and O–H groups in total. The number of carbonyl (C=O) groups is 1. The lowest BCUT2D eigenvalue weighted by Crippen LogP contribution is -2.46. The Kier molecular flexibility index (Phi) is 8.69. The number of aromatic nitrogens is 4. The van der Waals surface area contributed by atoms with E-state index in [0.29, 0.717) is 41.9 Å². The van der Waals surface area contributed by atoms with E-state index in [4.69, 9.17) is 4.74 Å². The number of H-pyrrole nitrogens is 1. The highest BCUT2D eigenvalue weighted by Gasteiger charge is 2.19. The van der Waals surface area contributed by atoms with Crippen molar-refractivity contribution in [1.29, 1.82) is 0 Å². The van der Waals surface area contributed by atoms with Gasteiger partial charge in [0, 0.05) is 67.1 Å². The van der Waals surface area contributed by atoms with Crippen molar-refractivity contribution in [3.8, 4) is 17.1 Å². The summed E-state index contributed by atoms with van der Waals surface area (Å²) >= 11 is 0. The number of fused-ring (bicyclic) bond motifs is 1. The maximum atomic E-state index is 12.9. The summed E-state index contributed by atoms with van der Waals surface area (Å²) in [5.41, 5.74) is 4.64. The summed E-state index contributed by atoms with van der Waals surface area (Å²) in [6.07, 6.45) is 3.36. The van der Waals surface area contributed by atoms with Crippen LogP contribution in [0, 0.1) is 0 Å². The van der Waals surface area contributed by atoms with Crippen LogP contribution in [-0.2, 0) is 0 Å². The number of aliphatic hydroxyl groups is 1. The number of aromatic amines is 1. The molecule has 43 heavy (non-hydrogen) atoms. The van der Waals surface area contributed by atoms with Crippen LogP contribution in [0.2, 0.25) is 0 Å². The Morgan fingerprint density at radius 2 is 1.79 bits per heavy atom. The number of anilines is 2. The highest BCUT2D eigenvalue weighted by Crippen LogP contribution is 2.25. The zero-order chi connectivity index (χ0) is 29.6. The maximum Gasteiger partial charge on any atom is 0.227 e. The van der Waals surface area contributed by atoms with Gasteiger partial charge in [-0.25, -0.2) is 9.97 Å². The Morgan fingerprint density at radius 3 is 2.60 bits per heavy atom. The van der Waals surface area contributed by atoms with Crippen LogP contribution in [0.3, 0.4) is 0 Å². The zero-order valence-corrected chi connectivity index (χ0v) is 24.1. The number of Topliss-reactive ketones (excluding diaryl/α,β-unsaturated/α-hetero) is 1. The first kappa shape index (κ1) is 28.5. The Labute approximate surface area is 250 Å². The third kappa shape index (κ3) is 7.06. The van der Waals surface area contributed by atoms with Gasteiger partial charge in [0.1, 0.15) is 5.75 Å². The lowest BCUT2D eigenvalue weighted by atomic mass is 10.0. The molecule has 0 spiro atoms. The standard InChI is InChI=1S/C33H35N7O3/c1-39-13-15-40(16-14-39)20-32(42)31-18-24-17-26(7-8-28(24)37-31)36-33-35-12-10-29(38-33)30-19-27(9-11-34-30)43-22-25(21-41)23-5-3-2-4-6-23/h2-12,17-19,25,37,41H,13-16,20-22H2,1H3,(H,35,36,38). The van der Waals surface area contributed by atoms with Gasteiger partial charge in [-0.2, -0.15) is 0 Å². The van der Waals surface area contributed by atoms with Gasteiger partial charge in [-0.1, -0.05) is 30.3 Å². The van der Waals surface area contributed by atoms with Crippen molar-refractivity contribution in [2.45, 2.75) is 5.92 Å². The molecule has 0 amide bonds. The number of nitrogens with zero attached hydrogens (tertiary/aromatic N) is 5. The third-order valence-electron chi connectivity index (χ3n) is 7.73. The second-order valence-corrected chi connectivity index (χ2v) is 10.9. The van der Waals surface area contributed by atoms with Crippen molar-refractivity contribution in [3.05, 3.63) is 96.4 Å². The average Bonchev–Trinajstić information content (AvgIpc) is 3.47. The van der Waals surface area contributed by atoms with Gasteiger partial charge in [-0.3, -0.25) is 14.7 Å². The van der Waals surface area contributed by atoms with Crippen molar-refractivity contribution >= 4 is 28.3 Å². The number of aliphatic hydroxyl groups excluding tert-OH is 1. The van der Waals surface area contributed by atoms with Gasteiger partial charge in [-0.15, -0.1) is 0 Å². The fraction of sp³-hybridized carbons (Fsp3) is 0.273. The Balaban J connectivity index is 1.11. The van der Waals surface area contributed by atoms with E-state index in [0.717, 1.165) is 48.3 Å². The fourth-order valence-corrected chi connectivity index (χ4v) is 5.16. The van der Waals surface area contributed by atoms with E-state index in [2.05, 4.69) is 42.1 Å². The van der Waals surface area contributed by atoms with Gasteiger partial charge in [-0.05, 0) is 49.0 Å². The normalized spacial score (nSPS) is 14.9. The van der Waals surface area contributed by atoms with Crippen molar-refractivity contribution < 1.29 is 14.6 Å². The van der Waals surface area contributed by atoms with Crippen molar-refractivity contribution in [2.75, 3.05) is 58.3 Å². The predicted octanol–water partition coefficient (Wildman–Crippen LogP) is 4.35. The summed E-state index contributed by atoms with van der Waals surface area (Å²) < 4.78 is 6.02. The first-order valence-electron chi connectivity index (χ1n) is 14.5. The van der Waals surface area contributed by atoms with Gasteiger partial charge >= 0.3 is 0 Å². The van der Waals surface area contributed by atoms with E-state index in [1.807, 2.05) is 60.7 Å². The molecule has 0 saturated carbocycles. The second-order valence-electron chi connectivity index (χ2n) is 10.9. The molecular weight excluding hydrogens is 542 g/mol. The van der Waals surface area contributed by atoms with E-state index in [9.17, 15) is 9.90 Å². The smallest absolute Gasteiger partial charge is 0.227 e.